The monoisotopic (exact) mass is 308 g/mol. The lowest BCUT2D eigenvalue weighted by Gasteiger charge is -2.18. The van der Waals surface area contributed by atoms with E-state index < -0.39 is 11.9 Å². The van der Waals surface area contributed by atoms with Crippen molar-refractivity contribution in [3.8, 4) is 5.88 Å². The number of rotatable bonds is 5. The number of hydrogen-bond donors (Lipinski definition) is 2. The van der Waals surface area contributed by atoms with Gasteiger partial charge in [0.1, 0.15) is 6.04 Å². The molecule has 21 heavy (non-hydrogen) atoms. The van der Waals surface area contributed by atoms with Crippen LogP contribution in [0.4, 0.5) is 5.69 Å². The molecule has 0 spiro atoms. The molecule has 1 aromatic heterocycles. The largest absolute Gasteiger partial charge is 0.481 e. The van der Waals surface area contributed by atoms with Crippen molar-refractivity contribution < 1.29 is 9.53 Å². The van der Waals surface area contributed by atoms with Crippen molar-refractivity contribution in [2.45, 2.75) is 13.0 Å². The molecule has 3 N–H and O–H groups in total. The summed E-state index contributed by atoms with van der Waals surface area (Å²) in [6, 6.07) is 6.31. The Bertz CT molecular complexity index is 669. The first kappa shape index (κ1) is 15.2. The van der Waals surface area contributed by atoms with Gasteiger partial charge in [-0.3, -0.25) is 4.79 Å². The highest BCUT2D eigenvalue weighted by atomic mass is 35.5. The van der Waals surface area contributed by atoms with Crippen molar-refractivity contribution in [2.75, 3.05) is 12.4 Å². The summed E-state index contributed by atoms with van der Waals surface area (Å²) in [5, 5.41) is 7.90. The molecule has 112 valence electrons. The lowest BCUT2D eigenvalue weighted by molar-refractivity contribution is -0.118. The minimum atomic E-state index is -0.757. The maximum absolute atomic E-state index is 11.9. The molecule has 0 radical (unpaired) electrons. The number of aryl methyl sites for hydroxylation is 2. The van der Waals surface area contributed by atoms with Crippen LogP contribution in [0.2, 0.25) is 5.02 Å². The fourth-order valence-electron chi connectivity index (χ4n) is 2.26. The van der Waals surface area contributed by atoms with Gasteiger partial charge in [0.25, 0.3) is 0 Å². The number of hydrogen-bond acceptors (Lipinski definition) is 4. The maximum atomic E-state index is 11.9. The number of halogens is 1. The number of carbonyl (C=O) groups is 1. The van der Waals surface area contributed by atoms with Crippen LogP contribution in [0.3, 0.4) is 0 Å². The number of nitrogens with two attached hydrogens (primary N) is 1. The van der Waals surface area contributed by atoms with E-state index in [1.165, 1.54) is 7.11 Å². The summed E-state index contributed by atoms with van der Waals surface area (Å²) in [6.45, 7) is 1.80. The molecule has 0 saturated carbocycles. The van der Waals surface area contributed by atoms with Crippen molar-refractivity contribution in [1.29, 1.82) is 0 Å². The summed E-state index contributed by atoms with van der Waals surface area (Å²) < 4.78 is 6.89. The summed E-state index contributed by atoms with van der Waals surface area (Å²) in [5.41, 5.74) is 7.51. The van der Waals surface area contributed by atoms with Gasteiger partial charge in [-0.2, -0.15) is 5.10 Å². The Kier molecular flexibility index (Phi) is 4.37. The quantitative estimate of drug-likeness (QED) is 0.885. The van der Waals surface area contributed by atoms with Crippen LogP contribution in [0.5, 0.6) is 5.88 Å². The molecule has 0 saturated heterocycles. The number of ether oxygens (including phenoxy) is 1. The number of nitrogens with one attached hydrogen (secondary N) is 1. The van der Waals surface area contributed by atoms with Crippen LogP contribution < -0.4 is 15.8 Å². The van der Waals surface area contributed by atoms with E-state index >= 15 is 0 Å². The summed E-state index contributed by atoms with van der Waals surface area (Å²) >= 11 is 5.95. The molecule has 0 bridgehead atoms. The van der Waals surface area contributed by atoms with Gasteiger partial charge in [-0.1, -0.05) is 17.7 Å². The number of benzene rings is 1. The topological polar surface area (TPSA) is 82.2 Å². The van der Waals surface area contributed by atoms with E-state index in [1.807, 2.05) is 0 Å². The Morgan fingerprint density at radius 2 is 2.24 bits per heavy atom. The summed E-state index contributed by atoms with van der Waals surface area (Å²) in [4.78, 5) is 11.9. The molecule has 0 fully saturated rings. The minimum absolute atomic E-state index is 0.492. The zero-order chi connectivity index (χ0) is 15.6. The number of carbonyl (C=O) groups excluding carboxylic acids is 1. The van der Waals surface area contributed by atoms with E-state index in [0.29, 0.717) is 27.8 Å². The van der Waals surface area contributed by atoms with E-state index in [0.717, 1.165) is 0 Å². The molecule has 0 aliphatic carbocycles. The number of nitrogens with zero attached hydrogens (tertiary/aromatic N) is 2. The third-order valence-corrected chi connectivity index (χ3v) is 3.35. The van der Waals surface area contributed by atoms with Crippen molar-refractivity contribution in [1.82, 2.24) is 9.78 Å². The highest BCUT2D eigenvalue weighted by molar-refractivity contribution is 6.30. The van der Waals surface area contributed by atoms with Gasteiger partial charge in [0.15, 0.2) is 0 Å². The molecule has 1 heterocycles. The molecular formula is C14H17ClN4O2. The number of methoxy groups -OCH3 is 1. The Morgan fingerprint density at radius 1 is 1.52 bits per heavy atom. The van der Waals surface area contributed by atoms with Crippen LogP contribution in [0.1, 0.15) is 17.3 Å². The Balaban J connectivity index is 2.43. The van der Waals surface area contributed by atoms with E-state index in [2.05, 4.69) is 10.4 Å². The van der Waals surface area contributed by atoms with Gasteiger partial charge in [-0.25, -0.2) is 4.68 Å². The summed E-state index contributed by atoms with van der Waals surface area (Å²) in [7, 11) is 3.27. The molecule has 7 heteroatoms. The zero-order valence-electron chi connectivity index (χ0n) is 12.1. The second-order valence-electron chi connectivity index (χ2n) is 4.62. The first-order valence-corrected chi connectivity index (χ1v) is 6.70. The molecule has 2 rings (SSSR count). The second kappa shape index (κ2) is 6.05. The summed E-state index contributed by atoms with van der Waals surface area (Å²) in [5.74, 6) is -0.0322. The number of amides is 1. The molecule has 1 amide bonds. The molecule has 1 atom stereocenters. The predicted octanol–water partition coefficient (Wildman–Crippen LogP) is 2.03. The lowest BCUT2D eigenvalue weighted by atomic mass is 10.1. The van der Waals surface area contributed by atoms with Crippen molar-refractivity contribution >= 4 is 23.2 Å². The third-order valence-electron chi connectivity index (χ3n) is 3.12. The third kappa shape index (κ3) is 3.11. The summed E-state index contributed by atoms with van der Waals surface area (Å²) in [6.07, 6.45) is 0. The van der Waals surface area contributed by atoms with Crippen LogP contribution in [-0.4, -0.2) is 22.8 Å². The van der Waals surface area contributed by atoms with Gasteiger partial charge in [0.2, 0.25) is 11.8 Å². The first-order valence-electron chi connectivity index (χ1n) is 6.33. The first-order chi connectivity index (χ1) is 9.93. The average molecular weight is 309 g/mol. The smallest absolute Gasteiger partial charge is 0.244 e. The molecule has 0 aliphatic heterocycles. The Morgan fingerprint density at radius 3 is 2.81 bits per heavy atom. The Labute approximate surface area is 127 Å². The fraction of sp³-hybridized carbons (Fsp3) is 0.286. The van der Waals surface area contributed by atoms with Gasteiger partial charge in [0, 0.05) is 17.8 Å². The van der Waals surface area contributed by atoms with Crippen LogP contribution >= 0.6 is 11.6 Å². The van der Waals surface area contributed by atoms with Gasteiger partial charge < -0.3 is 15.8 Å². The van der Waals surface area contributed by atoms with Gasteiger partial charge in [-0.05, 0) is 25.1 Å². The lowest BCUT2D eigenvalue weighted by Crippen LogP contribution is -2.28. The van der Waals surface area contributed by atoms with Crippen molar-refractivity contribution in [3.63, 3.8) is 0 Å². The van der Waals surface area contributed by atoms with Crippen LogP contribution in [0.15, 0.2) is 24.3 Å². The van der Waals surface area contributed by atoms with E-state index in [9.17, 15) is 4.79 Å². The fourth-order valence-corrected chi connectivity index (χ4v) is 2.45. The second-order valence-corrected chi connectivity index (χ2v) is 5.06. The minimum Gasteiger partial charge on any atom is -0.481 e. The molecule has 0 aliphatic rings. The maximum Gasteiger partial charge on any atom is 0.244 e. The molecule has 6 nitrogen and oxygen atoms in total. The number of aromatic nitrogens is 2. The number of primary amides is 1. The van der Waals surface area contributed by atoms with Crippen LogP contribution in [-0.2, 0) is 11.8 Å². The van der Waals surface area contributed by atoms with Gasteiger partial charge >= 0.3 is 0 Å². The Hall–Kier alpha value is -2.21. The molecule has 1 unspecified atom stereocenters. The average Bonchev–Trinajstić information content (AvgIpc) is 2.69. The van der Waals surface area contributed by atoms with E-state index in [1.54, 1.807) is 42.9 Å². The predicted molar refractivity (Wildman–Crippen MR) is 81.5 cm³/mol. The normalized spacial score (nSPS) is 12.0. The zero-order valence-corrected chi connectivity index (χ0v) is 12.8. The van der Waals surface area contributed by atoms with Crippen molar-refractivity contribution in [3.05, 3.63) is 40.5 Å². The molecule has 2 aromatic rings. The number of anilines is 1. The van der Waals surface area contributed by atoms with Gasteiger partial charge in [0.05, 0.1) is 18.4 Å². The van der Waals surface area contributed by atoms with Crippen molar-refractivity contribution in [2.24, 2.45) is 12.8 Å². The van der Waals surface area contributed by atoms with E-state index in [4.69, 9.17) is 22.1 Å². The highest BCUT2D eigenvalue weighted by Crippen LogP contribution is 2.31. The van der Waals surface area contributed by atoms with Crippen LogP contribution in [0.25, 0.3) is 0 Å². The molecular weight excluding hydrogens is 292 g/mol. The highest BCUT2D eigenvalue weighted by Gasteiger charge is 2.27. The SMILES string of the molecule is COc1c(C(Nc2cccc(Cl)c2)C(N)=O)c(C)nn1C. The van der Waals surface area contributed by atoms with Gasteiger partial charge in [-0.15, -0.1) is 0 Å². The van der Waals surface area contributed by atoms with E-state index in [-0.39, 0.29) is 0 Å². The van der Waals surface area contributed by atoms with Crippen LogP contribution in [0, 0.1) is 6.92 Å². The molecule has 1 aromatic carbocycles. The standard InChI is InChI=1S/C14H17ClN4O2/c1-8-11(14(21-3)19(2)18-8)12(13(16)20)17-10-6-4-5-9(15)7-10/h4-7,12,17H,1-3H3,(H2,16,20).